The summed E-state index contributed by atoms with van der Waals surface area (Å²) in [5.41, 5.74) is 0. The Balaban J connectivity index is 4.09. The van der Waals surface area contributed by atoms with Crippen molar-refractivity contribution in [1.29, 1.82) is 0 Å². The number of likely N-dealkylation sites (N-methyl/N-ethyl adjacent to an activating group) is 1. The van der Waals surface area contributed by atoms with Crippen LogP contribution in [0.5, 0.6) is 0 Å². The molecule has 0 rings (SSSR count). The number of phosphoric ester groups is 1. The van der Waals surface area contributed by atoms with E-state index >= 15 is 0 Å². The van der Waals surface area contributed by atoms with Gasteiger partial charge in [0.2, 0.25) is 5.91 Å². The standard InChI is InChI=1S/C82H147N2O6P/c1-6-8-10-12-14-16-18-20-22-24-26-28-30-32-34-36-38-40-41-42-43-44-46-48-50-52-54-56-58-60-62-64-66-68-70-72-74-76-82(86)83-80(79-90-91(87,88)89-78-77-84(3,4)5)81(85)75-73-71-69-67-65-63-61-59-57-55-53-51-49-47-45-39-37-35-33-31-29-27-25-23-21-19-17-15-13-11-9-7-2/h8,10,14,16,20,22,26,28,32,34,38,40,42-43,57,59,65,67,73,75,80-81,85H,6-7,9,11-13,15,17-19,21,23-25,27,29-31,33,35-37,39,41,44-56,58,60-64,66,68-72,74,76-79H2,1-5H3,(H-,83,86,87,88)/p+1/b10-8-,16-14-,22-20-,28-26-,34-32-,40-38-,43-42-,59-57+,67-65+,75-73+. The fourth-order valence-electron chi connectivity index (χ4n) is 11.0. The molecule has 0 aromatic rings. The molecule has 0 fully saturated rings. The second-order valence-corrected chi connectivity index (χ2v) is 28.4. The van der Waals surface area contributed by atoms with Crippen molar-refractivity contribution in [2.24, 2.45) is 0 Å². The summed E-state index contributed by atoms with van der Waals surface area (Å²) in [5.74, 6) is -0.191. The number of hydrogen-bond acceptors (Lipinski definition) is 5. The first-order valence-corrected chi connectivity index (χ1v) is 39.9. The molecule has 0 aliphatic carbocycles. The van der Waals surface area contributed by atoms with Gasteiger partial charge in [-0.15, -0.1) is 0 Å². The number of aliphatic hydroxyl groups is 1. The molecule has 91 heavy (non-hydrogen) atoms. The molecule has 0 radical (unpaired) electrons. The Kier molecular flexibility index (Phi) is 68.8. The number of phosphoric acid groups is 1. The van der Waals surface area contributed by atoms with Gasteiger partial charge in [-0.1, -0.05) is 354 Å². The Morgan fingerprint density at radius 1 is 0.385 bits per heavy atom. The number of allylic oxidation sites excluding steroid dienone is 19. The third kappa shape index (κ3) is 74.2. The molecule has 0 heterocycles. The predicted octanol–water partition coefficient (Wildman–Crippen LogP) is 25.2. The lowest BCUT2D eigenvalue weighted by molar-refractivity contribution is -0.870. The summed E-state index contributed by atoms with van der Waals surface area (Å²) in [5, 5.41) is 14.0. The fourth-order valence-corrected chi connectivity index (χ4v) is 11.7. The van der Waals surface area contributed by atoms with Gasteiger partial charge in [-0.3, -0.25) is 13.8 Å². The molecule has 3 N–H and O–H groups in total. The molecule has 9 heteroatoms. The molecule has 0 aliphatic rings. The number of carbonyl (C=O) groups is 1. The van der Waals surface area contributed by atoms with Crippen molar-refractivity contribution in [1.82, 2.24) is 5.32 Å². The number of hydrogen-bond donors (Lipinski definition) is 3. The normalized spacial score (nSPS) is 14.2. The van der Waals surface area contributed by atoms with Gasteiger partial charge in [-0.25, -0.2) is 4.57 Å². The molecular weight excluding hydrogens is 1140 g/mol. The molecule has 526 valence electrons. The fraction of sp³-hybridized carbons (Fsp3) is 0.744. The summed E-state index contributed by atoms with van der Waals surface area (Å²) in [6.07, 6.45) is 107. The minimum absolute atomic E-state index is 0.0495. The van der Waals surface area contributed by atoms with Crippen LogP contribution in [0.4, 0.5) is 0 Å². The number of rotatable bonds is 70. The van der Waals surface area contributed by atoms with E-state index in [0.29, 0.717) is 17.4 Å². The number of amides is 1. The number of nitrogens with zero attached hydrogens (tertiary/aromatic N) is 1. The highest BCUT2D eigenvalue weighted by molar-refractivity contribution is 7.47. The van der Waals surface area contributed by atoms with Gasteiger partial charge in [-0.2, -0.15) is 0 Å². The number of nitrogens with one attached hydrogen (secondary N) is 1. The molecule has 0 saturated heterocycles. The quantitative estimate of drug-likeness (QED) is 0.0243. The summed E-state index contributed by atoms with van der Waals surface area (Å²) < 4.78 is 23.8. The van der Waals surface area contributed by atoms with Crippen molar-refractivity contribution in [3.63, 3.8) is 0 Å². The van der Waals surface area contributed by atoms with Crippen LogP contribution < -0.4 is 5.32 Å². The van der Waals surface area contributed by atoms with Crippen LogP contribution in [0.3, 0.4) is 0 Å². The van der Waals surface area contributed by atoms with Gasteiger partial charge in [0.1, 0.15) is 13.2 Å². The Labute approximate surface area is 564 Å². The van der Waals surface area contributed by atoms with E-state index in [1.54, 1.807) is 6.08 Å². The molecule has 8 nitrogen and oxygen atoms in total. The minimum Gasteiger partial charge on any atom is -0.387 e. The van der Waals surface area contributed by atoms with Gasteiger partial charge in [-0.05, 0) is 103 Å². The topological polar surface area (TPSA) is 105 Å². The van der Waals surface area contributed by atoms with Crippen LogP contribution in [-0.4, -0.2) is 73.4 Å². The van der Waals surface area contributed by atoms with E-state index in [4.69, 9.17) is 9.05 Å². The molecule has 0 aliphatic heterocycles. The number of unbranched alkanes of at least 4 members (excludes halogenated alkanes) is 39. The van der Waals surface area contributed by atoms with E-state index in [1.807, 2.05) is 27.2 Å². The monoisotopic (exact) mass is 1290 g/mol. The van der Waals surface area contributed by atoms with Crippen molar-refractivity contribution in [2.45, 2.75) is 353 Å². The summed E-state index contributed by atoms with van der Waals surface area (Å²) in [4.78, 5) is 23.5. The lowest BCUT2D eigenvalue weighted by Gasteiger charge is -2.25. The highest BCUT2D eigenvalue weighted by Gasteiger charge is 2.28. The summed E-state index contributed by atoms with van der Waals surface area (Å²) in [6.45, 7) is 4.70. The van der Waals surface area contributed by atoms with Crippen LogP contribution in [-0.2, 0) is 18.4 Å². The van der Waals surface area contributed by atoms with Gasteiger partial charge in [0.15, 0.2) is 0 Å². The molecule has 0 saturated carbocycles. The van der Waals surface area contributed by atoms with Crippen molar-refractivity contribution in [2.75, 3.05) is 40.9 Å². The average Bonchev–Trinajstić information content (AvgIpc) is 3.42. The van der Waals surface area contributed by atoms with Crippen LogP contribution in [0, 0.1) is 0 Å². The van der Waals surface area contributed by atoms with Crippen LogP contribution in [0.25, 0.3) is 0 Å². The van der Waals surface area contributed by atoms with Crippen LogP contribution >= 0.6 is 7.82 Å². The molecule has 3 atom stereocenters. The van der Waals surface area contributed by atoms with E-state index in [1.165, 1.54) is 231 Å². The zero-order valence-electron chi connectivity index (χ0n) is 60.3. The largest absolute Gasteiger partial charge is 0.472 e. The number of aliphatic hydroxyl groups excluding tert-OH is 1. The maximum atomic E-state index is 13.1. The van der Waals surface area contributed by atoms with Crippen molar-refractivity contribution < 1.29 is 32.9 Å². The minimum atomic E-state index is -4.38. The number of carbonyl (C=O) groups excluding carboxylic acids is 1. The second kappa shape index (κ2) is 71.2. The molecule has 1 amide bonds. The molecule has 0 bridgehead atoms. The first kappa shape index (κ1) is 87.9. The van der Waals surface area contributed by atoms with Crippen LogP contribution in [0.15, 0.2) is 122 Å². The molecule has 0 aromatic carbocycles. The smallest absolute Gasteiger partial charge is 0.387 e. The molecule has 3 unspecified atom stereocenters. The van der Waals surface area contributed by atoms with Crippen molar-refractivity contribution in [3.8, 4) is 0 Å². The average molecular weight is 1290 g/mol. The lowest BCUT2D eigenvalue weighted by Crippen LogP contribution is -2.45. The Hall–Kier alpha value is -3.10. The zero-order chi connectivity index (χ0) is 66.2. The number of quaternary nitrogens is 1. The van der Waals surface area contributed by atoms with Crippen molar-refractivity contribution in [3.05, 3.63) is 122 Å². The van der Waals surface area contributed by atoms with Crippen LogP contribution in [0.1, 0.15) is 341 Å². The van der Waals surface area contributed by atoms with E-state index < -0.39 is 20.0 Å². The van der Waals surface area contributed by atoms with E-state index in [-0.39, 0.29) is 19.1 Å². The van der Waals surface area contributed by atoms with Gasteiger partial charge < -0.3 is 19.8 Å². The second-order valence-electron chi connectivity index (χ2n) is 27.0. The zero-order valence-corrected chi connectivity index (χ0v) is 61.2. The van der Waals surface area contributed by atoms with Crippen LogP contribution in [0.2, 0.25) is 0 Å². The highest BCUT2D eigenvalue weighted by atomic mass is 31.2. The van der Waals surface area contributed by atoms with E-state index in [2.05, 4.69) is 129 Å². The first-order valence-electron chi connectivity index (χ1n) is 38.4. The summed E-state index contributed by atoms with van der Waals surface area (Å²) >= 11 is 0. The van der Waals surface area contributed by atoms with Gasteiger partial charge in [0.05, 0.1) is 39.9 Å². The third-order valence-corrected chi connectivity index (χ3v) is 17.9. The predicted molar refractivity (Wildman–Crippen MR) is 401 cm³/mol. The Morgan fingerprint density at radius 2 is 0.670 bits per heavy atom. The Morgan fingerprint density at radius 3 is 1.01 bits per heavy atom. The van der Waals surface area contributed by atoms with E-state index in [9.17, 15) is 19.4 Å². The molecule has 0 aromatic heterocycles. The van der Waals surface area contributed by atoms with Gasteiger partial charge in [0, 0.05) is 6.42 Å². The third-order valence-electron chi connectivity index (χ3n) is 16.9. The maximum Gasteiger partial charge on any atom is 0.472 e. The highest BCUT2D eigenvalue weighted by Crippen LogP contribution is 2.43. The molecule has 0 spiro atoms. The SMILES string of the molecule is CC/C=C\C/C=C\C/C=C\C/C=C\C/C=C\C/C=C\C/C=C\CCCCCCCCCCCCCCCCCC(=O)NC(COP(=O)(O)OCC[N+](C)(C)C)C(O)/C=C/CC/C=C/CC/C=C/CCCCCCCCCCCCCCCCCCCCCCCC. The summed E-state index contributed by atoms with van der Waals surface area (Å²) in [6, 6.07) is -0.879. The first-order chi connectivity index (χ1) is 44.5. The van der Waals surface area contributed by atoms with E-state index in [0.717, 1.165) is 89.9 Å². The van der Waals surface area contributed by atoms with Gasteiger partial charge in [0.25, 0.3) is 0 Å². The van der Waals surface area contributed by atoms with Crippen molar-refractivity contribution >= 4 is 13.7 Å². The maximum absolute atomic E-state index is 13.1. The lowest BCUT2D eigenvalue weighted by atomic mass is 10.0. The molecular formula is C82H148N2O6P+. The van der Waals surface area contributed by atoms with Gasteiger partial charge >= 0.3 is 7.82 Å². The Bertz CT molecular complexity index is 1900. The summed E-state index contributed by atoms with van der Waals surface area (Å²) in [7, 11) is 1.54.